The molecule has 15 heavy (non-hydrogen) atoms. The minimum atomic E-state index is 0.641. The van der Waals surface area contributed by atoms with Crippen LogP contribution in [0.1, 0.15) is 26.7 Å². The van der Waals surface area contributed by atoms with Crippen molar-refractivity contribution < 1.29 is 4.74 Å². The molecule has 1 aliphatic rings. The van der Waals surface area contributed by atoms with Crippen LogP contribution in [0.25, 0.3) is 0 Å². The van der Waals surface area contributed by atoms with E-state index in [9.17, 15) is 0 Å². The van der Waals surface area contributed by atoms with Crippen LogP contribution in [0.15, 0.2) is 0 Å². The molecule has 1 heterocycles. The number of hydrogen-bond acceptors (Lipinski definition) is 2. The first-order chi connectivity index (χ1) is 7.22. The maximum Gasteiger partial charge on any atom is 0.0593 e. The molecule has 1 atom stereocenters. The van der Waals surface area contributed by atoms with Gasteiger partial charge in [0, 0.05) is 25.6 Å². The molecule has 0 aliphatic carbocycles. The average Bonchev–Trinajstić information content (AvgIpc) is 2.24. The molecule has 1 saturated heterocycles. The summed E-state index contributed by atoms with van der Waals surface area (Å²) in [6, 6.07) is 0. The van der Waals surface area contributed by atoms with Crippen molar-refractivity contribution >= 4 is 11.6 Å². The third-order valence-electron chi connectivity index (χ3n) is 2.82. The molecule has 0 aromatic carbocycles. The van der Waals surface area contributed by atoms with Gasteiger partial charge in [0.25, 0.3) is 0 Å². The van der Waals surface area contributed by atoms with E-state index in [2.05, 4.69) is 18.7 Å². The molecule has 1 rings (SSSR count). The minimum absolute atomic E-state index is 0.641. The van der Waals surface area contributed by atoms with E-state index in [1.807, 2.05) is 0 Å². The highest BCUT2D eigenvalue weighted by Crippen LogP contribution is 2.17. The summed E-state index contributed by atoms with van der Waals surface area (Å²) in [5.74, 6) is 2.15. The normalized spacial score (nSPS) is 23.6. The first-order valence-electron chi connectivity index (χ1n) is 6.08. The summed E-state index contributed by atoms with van der Waals surface area (Å²) in [5.41, 5.74) is 0. The Morgan fingerprint density at radius 2 is 2.27 bits per heavy atom. The fourth-order valence-electron chi connectivity index (χ4n) is 1.99. The smallest absolute Gasteiger partial charge is 0.0593 e. The van der Waals surface area contributed by atoms with E-state index in [4.69, 9.17) is 16.3 Å². The van der Waals surface area contributed by atoms with E-state index >= 15 is 0 Å². The van der Waals surface area contributed by atoms with Crippen LogP contribution in [-0.4, -0.2) is 43.6 Å². The van der Waals surface area contributed by atoms with Gasteiger partial charge >= 0.3 is 0 Å². The van der Waals surface area contributed by atoms with Crippen LogP contribution in [0.3, 0.4) is 0 Å². The molecular weight excluding hydrogens is 210 g/mol. The van der Waals surface area contributed by atoms with Crippen molar-refractivity contribution in [2.45, 2.75) is 26.7 Å². The van der Waals surface area contributed by atoms with Crippen molar-refractivity contribution in [2.75, 3.05) is 38.7 Å². The van der Waals surface area contributed by atoms with Crippen LogP contribution in [0.5, 0.6) is 0 Å². The van der Waals surface area contributed by atoms with E-state index in [0.29, 0.717) is 11.8 Å². The first-order valence-corrected chi connectivity index (χ1v) is 6.62. The fraction of sp³-hybridized carbons (Fsp3) is 1.00. The van der Waals surface area contributed by atoms with Crippen LogP contribution >= 0.6 is 11.6 Å². The number of nitrogens with zero attached hydrogens (tertiary/aromatic N) is 1. The summed E-state index contributed by atoms with van der Waals surface area (Å²) < 4.78 is 5.59. The van der Waals surface area contributed by atoms with E-state index < -0.39 is 0 Å². The Morgan fingerprint density at radius 1 is 1.47 bits per heavy atom. The monoisotopic (exact) mass is 233 g/mol. The maximum absolute atomic E-state index is 5.89. The quantitative estimate of drug-likeness (QED) is 0.517. The van der Waals surface area contributed by atoms with Gasteiger partial charge < -0.3 is 9.64 Å². The van der Waals surface area contributed by atoms with Crippen molar-refractivity contribution in [1.29, 1.82) is 0 Å². The van der Waals surface area contributed by atoms with Crippen LogP contribution < -0.4 is 0 Å². The zero-order chi connectivity index (χ0) is 11.1. The lowest BCUT2D eigenvalue weighted by molar-refractivity contribution is 0.0731. The van der Waals surface area contributed by atoms with Gasteiger partial charge in [-0.2, -0.15) is 0 Å². The SMILES string of the molecule is CC(C)COCCN1CCCC(CCl)C1. The Hall–Kier alpha value is 0.210. The van der Waals surface area contributed by atoms with Gasteiger partial charge in [-0.25, -0.2) is 0 Å². The molecular formula is C12H24ClNO. The largest absolute Gasteiger partial charge is 0.380 e. The minimum Gasteiger partial charge on any atom is -0.380 e. The first kappa shape index (κ1) is 13.3. The molecule has 0 spiro atoms. The third-order valence-corrected chi connectivity index (χ3v) is 3.26. The Balaban J connectivity index is 2.05. The molecule has 1 unspecified atom stereocenters. The molecule has 0 N–H and O–H groups in total. The van der Waals surface area contributed by atoms with Gasteiger partial charge in [-0.3, -0.25) is 0 Å². The van der Waals surface area contributed by atoms with Crippen molar-refractivity contribution in [2.24, 2.45) is 11.8 Å². The van der Waals surface area contributed by atoms with Crippen LogP contribution in [0, 0.1) is 11.8 Å². The highest BCUT2D eigenvalue weighted by Gasteiger charge is 2.18. The number of piperidine rings is 1. The molecule has 0 aromatic heterocycles. The van der Waals surface area contributed by atoms with E-state index in [1.165, 1.54) is 19.4 Å². The lowest BCUT2D eigenvalue weighted by Gasteiger charge is -2.31. The molecule has 0 amide bonds. The summed E-state index contributed by atoms with van der Waals surface area (Å²) in [7, 11) is 0. The summed E-state index contributed by atoms with van der Waals surface area (Å²) in [6.07, 6.45) is 2.59. The standard InChI is InChI=1S/C12H24ClNO/c1-11(2)10-15-7-6-14-5-3-4-12(8-13)9-14/h11-12H,3-10H2,1-2H3. The number of likely N-dealkylation sites (tertiary alicyclic amines) is 1. The predicted octanol–water partition coefficient (Wildman–Crippen LogP) is 2.61. The number of hydrogen-bond donors (Lipinski definition) is 0. The maximum atomic E-state index is 5.89. The summed E-state index contributed by atoms with van der Waals surface area (Å²) in [4.78, 5) is 2.48. The van der Waals surface area contributed by atoms with Crippen LogP contribution in [0.2, 0.25) is 0 Å². The molecule has 0 radical (unpaired) electrons. The van der Waals surface area contributed by atoms with Crippen molar-refractivity contribution in [3.05, 3.63) is 0 Å². The number of ether oxygens (including phenoxy) is 1. The van der Waals surface area contributed by atoms with E-state index in [1.54, 1.807) is 0 Å². The molecule has 3 heteroatoms. The second-order valence-corrected chi connectivity index (χ2v) is 5.24. The van der Waals surface area contributed by atoms with Gasteiger partial charge in [-0.15, -0.1) is 11.6 Å². The Labute approximate surface area is 98.9 Å². The topological polar surface area (TPSA) is 12.5 Å². The van der Waals surface area contributed by atoms with Gasteiger partial charge in [0.05, 0.1) is 6.61 Å². The highest BCUT2D eigenvalue weighted by atomic mass is 35.5. The lowest BCUT2D eigenvalue weighted by atomic mass is 10.0. The van der Waals surface area contributed by atoms with Crippen LogP contribution in [-0.2, 0) is 4.74 Å². The Bertz CT molecular complexity index is 164. The van der Waals surface area contributed by atoms with Gasteiger partial charge in [0.15, 0.2) is 0 Å². The molecule has 2 nitrogen and oxygen atoms in total. The third kappa shape index (κ3) is 5.74. The second kappa shape index (κ2) is 7.48. The van der Waals surface area contributed by atoms with Crippen molar-refractivity contribution in [3.63, 3.8) is 0 Å². The molecule has 90 valence electrons. The number of halogens is 1. The summed E-state index contributed by atoms with van der Waals surface area (Å²) in [6.45, 7) is 9.57. The lowest BCUT2D eigenvalue weighted by Crippen LogP contribution is -2.38. The van der Waals surface area contributed by atoms with Crippen LogP contribution in [0.4, 0.5) is 0 Å². The summed E-state index contributed by atoms with van der Waals surface area (Å²) in [5, 5.41) is 0. The molecule has 0 bridgehead atoms. The Morgan fingerprint density at radius 3 is 2.93 bits per heavy atom. The molecule has 0 aromatic rings. The number of alkyl halides is 1. The fourth-order valence-corrected chi connectivity index (χ4v) is 2.24. The molecule has 1 fully saturated rings. The molecule has 0 saturated carbocycles. The predicted molar refractivity (Wildman–Crippen MR) is 65.5 cm³/mol. The zero-order valence-electron chi connectivity index (χ0n) is 10.0. The zero-order valence-corrected chi connectivity index (χ0v) is 10.8. The van der Waals surface area contributed by atoms with E-state index in [-0.39, 0.29) is 0 Å². The Kier molecular flexibility index (Phi) is 6.62. The number of rotatable bonds is 6. The van der Waals surface area contributed by atoms with Gasteiger partial charge in [0.1, 0.15) is 0 Å². The molecule has 1 aliphatic heterocycles. The second-order valence-electron chi connectivity index (χ2n) is 4.93. The van der Waals surface area contributed by atoms with Crippen molar-refractivity contribution in [1.82, 2.24) is 4.90 Å². The van der Waals surface area contributed by atoms with Gasteiger partial charge in [0.2, 0.25) is 0 Å². The summed E-state index contributed by atoms with van der Waals surface area (Å²) >= 11 is 5.89. The van der Waals surface area contributed by atoms with Gasteiger partial charge in [-0.1, -0.05) is 13.8 Å². The average molecular weight is 234 g/mol. The highest BCUT2D eigenvalue weighted by molar-refractivity contribution is 6.18. The van der Waals surface area contributed by atoms with Gasteiger partial charge in [-0.05, 0) is 31.2 Å². The van der Waals surface area contributed by atoms with Crippen molar-refractivity contribution in [3.8, 4) is 0 Å². The van der Waals surface area contributed by atoms with E-state index in [0.717, 1.165) is 32.2 Å².